The van der Waals surface area contributed by atoms with Crippen molar-refractivity contribution in [2.24, 2.45) is 11.8 Å². The molecule has 2 bridgehead atoms. The van der Waals surface area contributed by atoms with Crippen LogP contribution in [-0.4, -0.2) is 47.5 Å². The van der Waals surface area contributed by atoms with Crippen LogP contribution in [-0.2, 0) is 24.6 Å². The van der Waals surface area contributed by atoms with E-state index in [4.69, 9.17) is 18.3 Å². The molecule has 10 heteroatoms. The van der Waals surface area contributed by atoms with Gasteiger partial charge in [0.2, 0.25) is 0 Å². The minimum absolute atomic E-state index is 0.00883. The molecular weight excluding hydrogens is 553 g/mol. The van der Waals surface area contributed by atoms with Crippen molar-refractivity contribution in [1.82, 2.24) is 0 Å². The molecule has 3 rings (SSSR count). The first-order chi connectivity index (χ1) is 18.1. The van der Waals surface area contributed by atoms with Gasteiger partial charge in [0, 0.05) is 18.3 Å². The first kappa shape index (κ1) is 32.9. The number of esters is 1. The van der Waals surface area contributed by atoms with Crippen molar-refractivity contribution in [3.8, 4) is 5.75 Å². The fourth-order valence-corrected chi connectivity index (χ4v) is 7.36. The van der Waals surface area contributed by atoms with Crippen LogP contribution in [0.3, 0.4) is 0 Å². The van der Waals surface area contributed by atoms with E-state index in [2.05, 4.69) is 73.8 Å². The topological polar surface area (TPSA) is 54.0 Å². The SMILES string of the molecule is CC(C)(C)[Si](C)(C)OC1CC2OC(=O)CC1C2/C=C/[C@H](COc1cccc(C(F)(F)F)c1)O[Si](C)(C)C(C)(C)C. The van der Waals surface area contributed by atoms with E-state index in [-0.39, 0.29) is 52.4 Å². The molecule has 5 nitrogen and oxygen atoms in total. The molecule has 1 saturated heterocycles. The summed E-state index contributed by atoms with van der Waals surface area (Å²) in [4.78, 5) is 12.4. The Morgan fingerprint density at radius 1 is 1.02 bits per heavy atom. The Kier molecular flexibility index (Phi) is 9.51. The molecule has 2 aliphatic rings. The first-order valence-corrected chi connectivity index (χ1v) is 20.0. The van der Waals surface area contributed by atoms with Gasteiger partial charge in [-0.25, -0.2) is 0 Å². The number of hydrogen-bond donors (Lipinski definition) is 0. The van der Waals surface area contributed by atoms with E-state index in [1.807, 2.05) is 6.08 Å². The van der Waals surface area contributed by atoms with Crippen LogP contribution in [0.25, 0.3) is 0 Å². The molecule has 5 atom stereocenters. The second-order valence-corrected chi connectivity index (χ2v) is 23.8. The summed E-state index contributed by atoms with van der Waals surface area (Å²) in [6, 6.07) is 4.90. The lowest BCUT2D eigenvalue weighted by atomic mass is 9.88. The van der Waals surface area contributed by atoms with Crippen molar-refractivity contribution in [2.45, 2.75) is 115 Å². The average molecular weight is 601 g/mol. The number of carbonyl (C=O) groups excluding carboxylic acids is 1. The summed E-state index contributed by atoms with van der Waals surface area (Å²) in [6.45, 7) is 21.8. The summed E-state index contributed by atoms with van der Waals surface area (Å²) in [5.74, 6) is -0.0643. The van der Waals surface area contributed by atoms with Gasteiger partial charge in [-0.3, -0.25) is 4.79 Å². The van der Waals surface area contributed by atoms with Gasteiger partial charge in [0.05, 0.1) is 24.2 Å². The number of hydrogen-bond acceptors (Lipinski definition) is 5. The van der Waals surface area contributed by atoms with Gasteiger partial charge in [0.1, 0.15) is 18.5 Å². The minimum Gasteiger partial charge on any atom is -0.491 e. The Morgan fingerprint density at radius 2 is 1.65 bits per heavy atom. The van der Waals surface area contributed by atoms with Crippen molar-refractivity contribution in [3.63, 3.8) is 0 Å². The van der Waals surface area contributed by atoms with Crippen molar-refractivity contribution >= 4 is 22.6 Å². The van der Waals surface area contributed by atoms with Crippen LogP contribution in [0.4, 0.5) is 13.2 Å². The van der Waals surface area contributed by atoms with E-state index in [0.29, 0.717) is 12.8 Å². The standard InChI is InChI=1S/C30H47F3O5Si2/c1-28(2,3)39(7,8)37-22(19-35-21-13-11-12-20(16-21)30(31,32)33)14-15-23-24-17-27(34)36-25(23)18-26(24)38-40(9,10)29(4,5)6/h11-16,22-26H,17-19H2,1-10H3/b15-14+/t22-,23?,24?,25?,26?/m1/s1. The molecule has 1 aliphatic heterocycles. The van der Waals surface area contributed by atoms with Crippen LogP contribution in [0.2, 0.25) is 36.3 Å². The summed E-state index contributed by atoms with van der Waals surface area (Å²) in [7, 11) is -4.30. The van der Waals surface area contributed by atoms with Gasteiger partial charge in [-0.15, -0.1) is 0 Å². The predicted molar refractivity (Wildman–Crippen MR) is 156 cm³/mol. The highest BCUT2D eigenvalue weighted by Gasteiger charge is 2.52. The number of fused-ring (bicyclic) bond motifs is 2. The molecule has 0 amide bonds. The molecule has 1 aliphatic carbocycles. The van der Waals surface area contributed by atoms with E-state index >= 15 is 0 Å². The highest BCUT2D eigenvalue weighted by atomic mass is 28.4. The van der Waals surface area contributed by atoms with E-state index in [0.717, 1.165) is 12.1 Å². The quantitative estimate of drug-likeness (QED) is 0.162. The average Bonchev–Trinajstić information content (AvgIpc) is 2.98. The van der Waals surface area contributed by atoms with Gasteiger partial charge in [-0.1, -0.05) is 59.8 Å². The molecule has 0 aromatic heterocycles. The van der Waals surface area contributed by atoms with Crippen LogP contribution >= 0.6 is 0 Å². The minimum atomic E-state index is -4.45. The fourth-order valence-electron chi connectivity index (χ4n) is 4.72. The normalized spacial score (nSPS) is 25.3. The lowest BCUT2D eigenvalue weighted by molar-refractivity contribution is -0.156. The zero-order chi connectivity index (χ0) is 30.3. The zero-order valence-corrected chi connectivity index (χ0v) is 27.6. The number of rotatable bonds is 9. The largest absolute Gasteiger partial charge is 0.491 e. The maximum absolute atomic E-state index is 13.2. The number of benzene rings is 1. The lowest BCUT2D eigenvalue weighted by Gasteiger charge is -2.40. The van der Waals surface area contributed by atoms with Gasteiger partial charge in [0.15, 0.2) is 16.6 Å². The fraction of sp³-hybridized carbons (Fsp3) is 0.700. The van der Waals surface area contributed by atoms with E-state index in [9.17, 15) is 18.0 Å². The van der Waals surface area contributed by atoms with Crippen molar-refractivity contribution in [1.29, 1.82) is 0 Å². The molecule has 1 aromatic rings. The molecule has 1 aromatic carbocycles. The van der Waals surface area contributed by atoms with Crippen molar-refractivity contribution in [2.75, 3.05) is 6.61 Å². The molecule has 1 heterocycles. The highest BCUT2D eigenvalue weighted by molar-refractivity contribution is 6.74. The molecule has 40 heavy (non-hydrogen) atoms. The van der Waals surface area contributed by atoms with Gasteiger partial charge >= 0.3 is 12.1 Å². The third kappa shape index (κ3) is 7.80. The van der Waals surface area contributed by atoms with Gasteiger partial charge in [0.25, 0.3) is 0 Å². The van der Waals surface area contributed by atoms with Crippen LogP contribution < -0.4 is 4.74 Å². The Balaban J connectivity index is 1.83. The van der Waals surface area contributed by atoms with Crippen molar-refractivity contribution in [3.05, 3.63) is 42.0 Å². The highest BCUT2D eigenvalue weighted by Crippen LogP contribution is 2.47. The summed E-state index contributed by atoms with van der Waals surface area (Å²) in [5.41, 5.74) is -0.754. The molecule has 0 radical (unpaired) electrons. The molecule has 2 fully saturated rings. The van der Waals surface area contributed by atoms with E-state index in [1.54, 1.807) is 0 Å². The maximum Gasteiger partial charge on any atom is 0.416 e. The second kappa shape index (κ2) is 11.6. The van der Waals surface area contributed by atoms with Gasteiger partial charge in [-0.2, -0.15) is 13.2 Å². The molecule has 0 spiro atoms. The van der Waals surface area contributed by atoms with Crippen LogP contribution in [0.15, 0.2) is 36.4 Å². The Morgan fingerprint density at radius 3 is 2.23 bits per heavy atom. The monoisotopic (exact) mass is 600 g/mol. The zero-order valence-electron chi connectivity index (χ0n) is 25.6. The Labute approximate surface area is 240 Å². The van der Waals surface area contributed by atoms with Crippen LogP contribution in [0.5, 0.6) is 5.75 Å². The smallest absolute Gasteiger partial charge is 0.416 e. The molecular formula is C30H47F3O5Si2. The van der Waals surface area contributed by atoms with E-state index < -0.39 is 34.5 Å². The van der Waals surface area contributed by atoms with Crippen molar-refractivity contribution < 1.29 is 36.3 Å². The number of alkyl halides is 3. The lowest BCUT2D eigenvalue weighted by Crippen LogP contribution is -2.45. The molecule has 226 valence electrons. The summed E-state index contributed by atoms with van der Waals surface area (Å²) < 4.78 is 64.7. The Hall–Kier alpha value is -1.63. The Bertz CT molecular complexity index is 1070. The predicted octanol–water partition coefficient (Wildman–Crippen LogP) is 8.37. The summed E-state index contributed by atoms with van der Waals surface area (Å²) >= 11 is 0. The third-order valence-corrected chi connectivity index (χ3v) is 18.2. The van der Waals surface area contributed by atoms with Gasteiger partial charge < -0.3 is 18.3 Å². The van der Waals surface area contributed by atoms with Crippen LogP contribution in [0.1, 0.15) is 59.9 Å². The van der Waals surface area contributed by atoms with Crippen LogP contribution in [0, 0.1) is 11.8 Å². The number of carbonyl (C=O) groups is 1. The summed E-state index contributed by atoms with van der Waals surface area (Å²) in [6.07, 6.45) is -0.282. The third-order valence-electron chi connectivity index (χ3n) is 9.18. The first-order valence-electron chi connectivity index (χ1n) is 14.1. The van der Waals surface area contributed by atoms with E-state index in [1.165, 1.54) is 12.1 Å². The maximum atomic E-state index is 13.2. The molecule has 1 saturated carbocycles. The summed E-state index contributed by atoms with van der Waals surface area (Å²) in [5, 5.41) is -0.0282. The number of halogens is 3. The second-order valence-electron chi connectivity index (χ2n) is 14.3. The molecule has 4 unspecified atom stereocenters. The number of ether oxygens (including phenoxy) is 2. The molecule has 0 N–H and O–H groups in total. The van der Waals surface area contributed by atoms with Gasteiger partial charge in [-0.05, 0) is 54.5 Å².